The lowest BCUT2D eigenvalue weighted by Gasteiger charge is -2.15. The van der Waals surface area contributed by atoms with Crippen LogP contribution in [0.3, 0.4) is 0 Å². The third-order valence-corrected chi connectivity index (χ3v) is 3.24. The van der Waals surface area contributed by atoms with Gasteiger partial charge in [-0.1, -0.05) is 0 Å². The predicted molar refractivity (Wildman–Crippen MR) is 71.7 cm³/mol. The fourth-order valence-corrected chi connectivity index (χ4v) is 2.12. The predicted octanol–water partition coefficient (Wildman–Crippen LogP) is 1.13. The number of hydrogen-bond donors (Lipinski definition) is 1. The van der Waals surface area contributed by atoms with Crippen molar-refractivity contribution >= 4 is 11.8 Å². The molecule has 0 saturated carbocycles. The Balaban J connectivity index is 1.69. The second kappa shape index (κ2) is 6.31. The SMILES string of the molecule is Cc1ccc(C(=O)NCCCN2CCCC2=O)cn1. The monoisotopic (exact) mass is 261 g/mol. The maximum atomic E-state index is 11.8. The van der Waals surface area contributed by atoms with Crippen LogP contribution in [0, 0.1) is 6.92 Å². The van der Waals surface area contributed by atoms with Crippen LogP contribution >= 0.6 is 0 Å². The Morgan fingerprint density at radius 2 is 2.32 bits per heavy atom. The fourth-order valence-electron chi connectivity index (χ4n) is 2.12. The second-order valence-electron chi connectivity index (χ2n) is 4.78. The van der Waals surface area contributed by atoms with Gasteiger partial charge in [0, 0.05) is 37.9 Å². The molecule has 0 atom stereocenters. The van der Waals surface area contributed by atoms with E-state index in [9.17, 15) is 9.59 Å². The van der Waals surface area contributed by atoms with Crippen molar-refractivity contribution in [2.45, 2.75) is 26.2 Å². The number of pyridine rings is 1. The van der Waals surface area contributed by atoms with Crippen molar-refractivity contribution in [2.24, 2.45) is 0 Å². The van der Waals surface area contributed by atoms with Gasteiger partial charge >= 0.3 is 0 Å². The molecule has 1 aliphatic heterocycles. The summed E-state index contributed by atoms with van der Waals surface area (Å²) in [5.41, 5.74) is 1.46. The molecule has 1 aromatic rings. The minimum absolute atomic E-state index is 0.111. The van der Waals surface area contributed by atoms with Gasteiger partial charge in [-0.05, 0) is 31.9 Å². The summed E-state index contributed by atoms with van der Waals surface area (Å²) in [6.45, 7) is 4.05. The van der Waals surface area contributed by atoms with Crippen LogP contribution in [0.25, 0.3) is 0 Å². The lowest BCUT2D eigenvalue weighted by Crippen LogP contribution is -2.30. The van der Waals surface area contributed by atoms with Gasteiger partial charge in [0.05, 0.1) is 5.56 Å². The first-order valence-electron chi connectivity index (χ1n) is 6.65. The van der Waals surface area contributed by atoms with Gasteiger partial charge in [0.15, 0.2) is 0 Å². The van der Waals surface area contributed by atoms with E-state index in [2.05, 4.69) is 10.3 Å². The molecule has 1 fully saturated rings. The number of amides is 2. The molecule has 1 N–H and O–H groups in total. The van der Waals surface area contributed by atoms with Crippen LogP contribution in [0.2, 0.25) is 0 Å². The third kappa shape index (κ3) is 3.77. The summed E-state index contributed by atoms with van der Waals surface area (Å²) >= 11 is 0. The van der Waals surface area contributed by atoms with Gasteiger partial charge in [-0.25, -0.2) is 0 Å². The van der Waals surface area contributed by atoms with E-state index in [0.29, 0.717) is 18.5 Å². The molecule has 1 saturated heterocycles. The largest absolute Gasteiger partial charge is 0.352 e. The number of carbonyl (C=O) groups is 2. The lowest BCUT2D eigenvalue weighted by atomic mass is 10.2. The van der Waals surface area contributed by atoms with Gasteiger partial charge in [-0.3, -0.25) is 14.6 Å². The molecule has 1 aromatic heterocycles. The first-order valence-corrected chi connectivity index (χ1v) is 6.65. The highest BCUT2D eigenvalue weighted by molar-refractivity contribution is 5.93. The van der Waals surface area contributed by atoms with E-state index in [1.165, 1.54) is 0 Å². The van der Waals surface area contributed by atoms with Crippen LogP contribution in [-0.4, -0.2) is 41.3 Å². The quantitative estimate of drug-likeness (QED) is 0.808. The maximum Gasteiger partial charge on any atom is 0.252 e. The first kappa shape index (κ1) is 13.5. The third-order valence-electron chi connectivity index (χ3n) is 3.24. The summed E-state index contributed by atoms with van der Waals surface area (Å²) in [5.74, 6) is 0.120. The minimum Gasteiger partial charge on any atom is -0.352 e. The molecule has 2 rings (SSSR count). The van der Waals surface area contributed by atoms with Gasteiger partial charge in [-0.15, -0.1) is 0 Å². The molecule has 0 unspecified atom stereocenters. The number of nitrogens with one attached hydrogen (secondary N) is 1. The van der Waals surface area contributed by atoms with Gasteiger partial charge in [0.1, 0.15) is 0 Å². The summed E-state index contributed by atoms with van der Waals surface area (Å²) in [6.07, 6.45) is 3.99. The van der Waals surface area contributed by atoms with E-state index in [1.807, 2.05) is 17.9 Å². The zero-order valence-corrected chi connectivity index (χ0v) is 11.2. The van der Waals surface area contributed by atoms with Gasteiger partial charge in [-0.2, -0.15) is 0 Å². The summed E-state index contributed by atoms with van der Waals surface area (Å²) in [5, 5.41) is 2.84. The Hall–Kier alpha value is -1.91. The normalized spacial score (nSPS) is 14.8. The number of carbonyl (C=O) groups excluding carboxylic acids is 2. The Labute approximate surface area is 113 Å². The van der Waals surface area contributed by atoms with E-state index in [1.54, 1.807) is 12.3 Å². The molecule has 5 heteroatoms. The first-order chi connectivity index (χ1) is 9.16. The lowest BCUT2D eigenvalue weighted by molar-refractivity contribution is -0.127. The van der Waals surface area contributed by atoms with Crippen molar-refractivity contribution in [3.8, 4) is 0 Å². The molecule has 19 heavy (non-hydrogen) atoms. The number of hydrogen-bond acceptors (Lipinski definition) is 3. The zero-order chi connectivity index (χ0) is 13.7. The highest BCUT2D eigenvalue weighted by Gasteiger charge is 2.19. The van der Waals surface area contributed by atoms with Crippen LogP contribution in [-0.2, 0) is 4.79 Å². The van der Waals surface area contributed by atoms with Gasteiger partial charge in [0.25, 0.3) is 5.91 Å². The molecule has 5 nitrogen and oxygen atoms in total. The number of aromatic nitrogens is 1. The molecule has 102 valence electrons. The van der Waals surface area contributed by atoms with E-state index >= 15 is 0 Å². The van der Waals surface area contributed by atoms with Crippen molar-refractivity contribution in [1.29, 1.82) is 0 Å². The van der Waals surface area contributed by atoms with E-state index in [-0.39, 0.29) is 11.8 Å². The number of aryl methyl sites for hydroxylation is 1. The number of likely N-dealkylation sites (tertiary alicyclic amines) is 1. The molecule has 2 heterocycles. The minimum atomic E-state index is -0.111. The topological polar surface area (TPSA) is 62.3 Å². The molecule has 0 aromatic carbocycles. The Morgan fingerprint density at radius 1 is 1.47 bits per heavy atom. The van der Waals surface area contributed by atoms with Crippen LogP contribution < -0.4 is 5.32 Å². The van der Waals surface area contributed by atoms with E-state index < -0.39 is 0 Å². The second-order valence-corrected chi connectivity index (χ2v) is 4.78. The molecular weight excluding hydrogens is 242 g/mol. The average molecular weight is 261 g/mol. The fraction of sp³-hybridized carbons (Fsp3) is 0.500. The molecule has 0 radical (unpaired) electrons. The van der Waals surface area contributed by atoms with Crippen LogP contribution in [0.4, 0.5) is 0 Å². The van der Waals surface area contributed by atoms with E-state index in [0.717, 1.165) is 31.6 Å². The molecule has 1 aliphatic rings. The average Bonchev–Trinajstić information content (AvgIpc) is 2.81. The summed E-state index contributed by atoms with van der Waals surface area (Å²) in [7, 11) is 0. The Bertz CT molecular complexity index is 456. The highest BCUT2D eigenvalue weighted by Crippen LogP contribution is 2.09. The standard InChI is InChI=1S/C14H19N3O2/c1-11-5-6-12(10-16-11)14(19)15-7-3-9-17-8-2-4-13(17)18/h5-6,10H,2-4,7-9H2,1H3,(H,15,19). The summed E-state index contributed by atoms with van der Waals surface area (Å²) < 4.78 is 0. The number of rotatable bonds is 5. The van der Waals surface area contributed by atoms with Crippen molar-refractivity contribution in [1.82, 2.24) is 15.2 Å². The molecular formula is C14H19N3O2. The zero-order valence-electron chi connectivity index (χ0n) is 11.2. The van der Waals surface area contributed by atoms with Crippen molar-refractivity contribution in [2.75, 3.05) is 19.6 Å². The molecule has 0 spiro atoms. The Morgan fingerprint density at radius 3 is 2.95 bits per heavy atom. The smallest absolute Gasteiger partial charge is 0.252 e. The van der Waals surface area contributed by atoms with Crippen molar-refractivity contribution < 1.29 is 9.59 Å². The van der Waals surface area contributed by atoms with Crippen LogP contribution in [0.15, 0.2) is 18.3 Å². The van der Waals surface area contributed by atoms with Gasteiger partial charge < -0.3 is 10.2 Å². The molecule has 2 amide bonds. The van der Waals surface area contributed by atoms with Crippen molar-refractivity contribution in [3.05, 3.63) is 29.6 Å². The van der Waals surface area contributed by atoms with Crippen molar-refractivity contribution in [3.63, 3.8) is 0 Å². The molecule has 0 bridgehead atoms. The van der Waals surface area contributed by atoms with Gasteiger partial charge in [0.2, 0.25) is 5.91 Å². The van der Waals surface area contributed by atoms with Crippen LogP contribution in [0.1, 0.15) is 35.3 Å². The Kier molecular flexibility index (Phi) is 4.49. The summed E-state index contributed by atoms with van der Waals surface area (Å²) in [4.78, 5) is 29.1. The summed E-state index contributed by atoms with van der Waals surface area (Å²) in [6, 6.07) is 3.58. The highest BCUT2D eigenvalue weighted by atomic mass is 16.2. The maximum absolute atomic E-state index is 11.8. The number of nitrogens with zero attached hydrogens (tertiary/aromatic N) is 2. The van der Waals surface area contributed by atoms with Crippen LogP contribution in [0.5, 0.6) is 0 Å². The van der Waals surface area contributed by atoms with E-state index in [4.69, 9.17) is 0 Å². The molecule has 0 aliphatic carbocycles.